The van der Waals surface area contributed by atoms with Gasteiger partial charge in [-0.05, 0) is 50.7 Å². The number of piperidine rings is 2. The van der Waals surface area contributed by atoms with Crippen LogP contribution >= 0.6 is 0 Å². The second kappa shape index (κ2) is 10.1. The van der Waals surface area contributed by atoms with Crippen LogP contribution in [-0.4, -0.2) is 89.6 Å². The van der Waals surface area contributed by atoms with E-state index in [4.69, 9.17) is 14.5 Å². The number of Topliss-reactive ketones (excluding diaryl/α,β-unsaturated/α-hetero) is 1. The number of methoxy groups -OCH3 is 2. The predicted octanol–water partition coefficient (Wildman–Crippen LogP) is 2.02. The van der Waals surface area contributed by atoms with Crippen LogP contribution in [0.25, 0.3) is 0 Å². The van der Waals surface area contributed by atoms with Crippen LogP contribution in [0, 0.1) is 10.8 Å². The van der Waals surface area contributed by atoms with Crippen LogP contribution in [0.5, 0.6) is 0 Å². The zero-order chi connectivity index (χ0) is 27.8. The normalized spacial score (nSPS) is 32.6. The number of allylic oxidation sites excluding steroid dienone is 1. The Hall–Kier alpha value is -3.76. The molecule has 10 heteroatoms. The van der Waals surface area contributed by atoms with Crippen LogP contribution in [-0.2, 0) is 30.4 Å². The number of esters is 2. The van der Waals surface area contributed by atoms with Crippen LogP contribution < -0.4 is 0 Å². The van der Waals surface area contributed by atoms with Crippen LogP contribution in [0.4, 0.5) is 0 Å². The zero-order valence-corrected chi connectivity index (χ0v) is 22.6. The molecule has 2 aromatic rings. The number of pyridine rings is 2. The van der Waals surface area contributed by atoms with Crippen LogP contribution in [0.2, 0.25) is 0 Å². The highest BCUT2D eigenvalue weighted by Gasteiger charge is 2.77. The number of aromatic nitrogens is 2. The van der Waals surface area contributed by atoms with Gasteiger partial charge in [0.15, 0.2) is 16.6 Å². The van der Waals surface area contributed by atoms with Gasteiger partial charge in [0.25, 0.3) is 0 Å². The van der Waals surface area contributed by atoms with Crippen molar-refractivity contribution in [3.63, 3.8) is 0 Å². The molecule has 204 valence electrons. The molecule has 5 atom stereocenters. The minimum Gasteiger partial charge on any atom is -0.468 e. The molecule has 2 bridgehead atoms. The summed E-state index contributed by atoms with van der Waals surface area (Å²) in [5, 5.41) is 0. The van der Waals surface area contributed by atoms with Crippen LogP contribution in [0.15, 0.2) is 65.9 Å². The number of ether oxygens (including phenoxy) is 2. The molecule has 0 saturated carbocycles. The number of hydrogen-bond donors (Lipinski definition) is 0. The maximum absolute atomic E-state index is 15.0. The SMILES string of the molecule is COC(=O)C12CN(C)CC(C(=O)OC)(C1=O)C(C1(C)CC=CC=N1)N(Cc1ccccn1)C2c1ccccn1. The standard InChI is InChI=1S/C29H33N5O5/c1-27(13-7-10-16-32-27)23-29(26(37)39-4)19-33(2)18-28(24(29)35,25(36)38-3)22(21-12-6-9-15-31-21)34(23)17-20-11-5-8-14-30-20/h5-12,14-16,22-23H,13,17-19H2,1-4H3. The van der Waals surface area contributed by atoms with E-state index in [0.29, 0.717) is 17.8 Å². The minimum atomic E-state index is -1.76. The third kappa shape index (κ3) is 4.01. The molecule has 0 N–H and O–H groups in total. The zero-order valence-electron chi connectivity index (χ0n) is 22.6. The summed E-state index contributed by atoms with van der Waals surface area (Å²) in [6, 6.07) is 9.32. The number of fused-ring (bicyclic) bond motifs is 2. The summed E-state index contributed by atoms with van der Waals surface area (Å²) in [4.78, 5) is 60.9. The Bertz CT molecular complexity index is 1320. The fraction of sp³-hybridized carbons (Fsp3) is 0.448. The number of likely N-dealkylation sites (tertiary alicyclic amines) is 2. The summed E-state index contributed by atoms with van der Waals surface area (Å²) in [7, 11) is 4.34. The van der Waals surface area contributed by atoms with Crippen molar-refractivity contribution >= 4 is 23.9 Å². The molecule has 5 unspecified atom stereocenters. The summed E-state index contributed by atoms with van der Waals surface area (Å²) in [5.41, 5.74) is -3.19. The number of dihydropyridines is 1. The second-order valence-electron chi connectivity index (χ2n) is 10.7. The molecule has 2 aromatic heterocycles. The van der Waals surface area contributed by atoms with Crippen molar-refractivity contribution in [2.45, 2.75) is 37.5 Å². The third-order valence-corrected chi connectivity index (χ3v) is 8.30. The quantitative estimate of drug-likeness (QED) is 0.408. The van der Waals surface area contributed by atoms with E-state index in [0.717, 1.165) is 0 Å². The van der Waals surface area contributed by atoms with Gasteiger partial charge in [0.2, 0.25) is 0 Å². The second-order valence-corrected chi connectivity index (χ2v) is 10.7. The van der Waals surface area contributed by atoms with Crippen molar-refractivity contribution in [1.82, 2.24) is 19.8 Å². The van der Waals surface area contributed by atoms with Crippen molar-refractivity contribution in [2.24, 2.45) is 15.8 Å². The van der Waals surface area contributed by atoms with Crippen LogP contribution in [0.3, 0.4) is 0 Å². The molecule has 5 rings (SSSR count). The predicted molar refractivity (Wildman–Crippen MR) is 143 cm³/mol. The molecule has 0 aromatic carbocycles. The Labute approximate surface area is 227 Å². The van der Waals surface area contributed by atoms with Gasteiger partial charge < -0.3 is 14.4 Å². The number of nitrogens with zero attached hydrogens (tertiary/aromatic N) is 5. The summed E-state index contributed by atoms with van der Waals surface area (Å²) < 4.78 is 10.7. The van der Waals surface area contributed by atoms with Gasteiger partial charge in [-0.2, -0.15) is 0 Å². The molecule has 0 spiro atoms. The van der Waals surface area contributed by atoms with Crippen molar-refractivity contribution in [1.29, 1.82) is 0 Å². The lowest BCUT2D eigenvalue weighted by Gasteiger charge is -2.63. The highest BCUT2D eigenvalue weighted by molar-refractivity contribution is 6.17. The molecule has 39 heavy (non-hydrogen) atoms. The average Bonchev–Trinajstić information content (AvgIpc) is 2.95. The molecule has 2 fully saturated rings. The molecular formula is C29H33N5O5. The monoisotopic (exact) mass is 531 g/mol. The molecule has 0 aliphatic carbocycles. The van der Waals surface area contributed by atoms with E-state index in [-0.39, 0.29) is 19.6 Å². The fourth-order valence-electron chi connectivity index (χ4n) is 7.01. The van der Waals surface area contributed by atoms with E-state index in [9.17, 15) is 9.59 Å². The Morgan fingerprint density at radius 2 is 1.67 bits per heavy atom. The van der Waals surface area contributed by atoms with Crippen molar-refractivity contribution in [3.8, 4) is 0 Å². The highest BCUT2D eigenvalue weighted by Crippen LogP contribution is 2.59. The van der Waals surface area contributed by atoms with Gasteiger partial charge >= 0.3 is 11.9 Å². The van der Waals surface area contributed by atoms with Gasteiger partial charge in [0.05, 0.1) is 43.2 Å². The van der Waals surface area contributed by atoms with Crippen molar-refractivity contribution < 1.29 is 23.9 Å². The molecule has 5 heterocycles. The topological polar surface area (TPSA) is 114 Å². The maximum Gasteiger partial charge on any atom is 0.322 e. The molecule has 2 saturated heterocycles. The summed E-state index contributed by atoms with van der Waals surface area (Å²) in [5.74, 6) is -1.94. The lowest BCUT2D eigenvalue weighted by Crippen LogP contribution is -2.81. The first-order chi connectivity index (χ1) is 18.7. The largest absolute Gasteiger partial charge is 0.468 e. The number of carbonyl (C=O) groups excluding carboxylic acids is 3. The van der Waals surface area contributed by atoms with E-state index in [1.165, 1.54) is 14.2 Å². The van der Waals surface area contributed by atoms with Gasteiger partial charge in [-0.3, -0.25) is 34.2 Å². The van der Waals surface area contributed by atoms with E-state index in [1.807, 2.05) is 53.1 Å². The lowest BCUT2D eigenvalue weighted by atomic mass is 9.52. The molecule has 10 nitrogen and oxygen atoms in total. The molecular weight excluding hydrogens is 498 g/mol. The Kier molecular flexibility index (Phi) is 6.94. The average molecular weight is 532 g/mol. The Morgan fingerprint density at radius 3 is 2.26 bits per heavy atom. The molecule has 3 aliphatic heterocycles. The number of ketones is 1. The highest BCUT2D eigenvalue weighted by atomic mass is 16.5. The first kappa shape index (κ1) is 26.8. The van der Waals surface area contributed by atoms with E-state index in [2.05, 4.69) is 9.97 Å². The van der Waals surface area contributed by atoms with E-state index < -0.39 is 46.2 Å². The Morgan fingerprint density at radius 1 is 1.00 bits per heavy atom. The molecule has 0 amide bonds. The fourth-order valence-corrected chi connectivity index (χ4v) is 7.01. The summed E-state index contributed by atoms with van der Waals surface area (Å²) >= 11 is 0. The third-order valence-electron chi connectivity index (χ3n) is 8.30. The number of rotatable bonds is 6. The summed E-state index contributed by atoms with van der Waals surface area (Å²) in [6.45, 7) is 2.28. The van der Waals surface area contributed by atoms with Gasteiger partial charge in [-0.15, -0.1) is 0 Å². The van der Waals surface area contributed by atoms with E-state index >= 15 is 4.79 Å². The van der Waals surface area contributed by atoms with Gasteiger partial charge in [-0.25, -0.2) is 0 Å². The lowest BCUT2D eigenvalue weighted by molar-refractivity contribution is -0.209. The molecule has 0 radical (unpaired) electrons. The van der Waals surface area contributed by atoms with Gasteiger partial charge in [0.1, 0.15) is 0 Å². The Balaban J connectivity index is 1.88. The summed E-state index contributed by atoms with van der Waals surface area (Å²) in [6.07, 6.45) is 9.33. The maximum atomic E-state index is 15.0. The van der Waals surface area contributed by atoms with Gasteiger partial charge in [0, 0.05) is 38.2 Å². The number of aliphatic imine (C=N–C) groups is 1. The first-order valence-electron chi connectivity index (χ1n) is 12.9. The number of carbonyl (C=O) groups is 3. The van der Waals surface area contributed by atoms with Crippen LogP contribution in [0.1, 0.15) is 30.8 Å². The van der Waals surface area contributed by atoms with Gasteiger partial charge in [-0.1, -0.05) is 18.2 Å². The number of hydrogen-bond acceptors (Lipinski definition) is 10. The first-order valence-corrected chi connectivity index (χ1v) is 12.9. The smallest absolute Gasteiger partial charge is 0.322 e. The van der Waals surface area contributed by atoms with Crippen molar-refractivity contribution in [3.05, 3.63) is 72.3 Å². The minimum absolute atomic E-state index is 0.0455. The van der Waals surface area contributed by atoms with Crippen molar-refractivity contribution in [2.75, 3.05) is 34.4 Å². The van der Waals surface area contributed by atoms with E-state index in [1.54, 1.807) is 37.8 Å². The molecule has 3 aliphatic rings.